The lowest BCUT2D eigenvalue weighted by Gasteiger charge is -2.13. The van der Waals surface area contributed by atoms with Crippen molar-refractivity contribution in [1.29, 1.82) is 0 Å². The van der Waals surface area contributed by atoms with Crippen molar-refractivity contribution in [2.75, 3.05) is 11.8 Å². The minimum Gasteiger partial charge on any atom is -0.495 e. The van der Waals surface area contributed by atoms with Gasteiger partial charge in [0.2, 0.25) is 0 Å². The van der Waals surface area contributed by atoms with E-state index in [1.54, 1.807) is 12.1 Å². The molecule has 0 aliphatic carbocycles. The zero-order valence-electron chi connectivity index (χ0n) is 14.8. The zero-order chi connectivity index (χ0) is 19.4. The Kier molecular flexibility index (Phi) is 6.86. The lowest BCUT2D eigenvalue weighted by molar-refractivity contribution is 0.0697. The number of anilines is 1. The van der Waals surface area contributed by atoms with Crippen LogP contribution in [-0.2, 0) is 11.0 Å². The molecule has 0 aliphatic heterocycles. The number of benzene rings is 3. The maximum Gasteiger partial charge on any atom is 0.335 e. The van der Waals surface area contributed by atoms with Crippen LogP contribution < -0.4 is 9.46 Å². The van der Waals surface area contributed by atoms with Crippen molar-refractivity contribution in [2.45, 2.75) is 4.90 Å². The van der Waals surface area contributed by atoms with Gasteiger partial charge in [0.1, 0.15) is 16.5 Å². The van der Waals surface area contributed by atoms with Crippen LogP contribution in [-0.4, -0.2) is 27.9 Å². The predicted molar refractivity (Wildman–Crippen MR) is 105 cm³/mol. The van der Waals surface area contributed by atoms with Crippen LogP contribution in [0.1, 0.15) is 10.4 Å². The van der Waals surface area contributed by atoms with Gasteiger partial charge < -0.3 is 15.3 Å². The Morgan fingerprint density at radius 2 is 1.75 bits per heavy atom. The number of nitrogens with one attached hydrogen (secondary N) is 1. The molecule has 1 atom stereocenters. The van der Waals surface area contributed by atoms with E-state index < -0.39 is 22.8 Å². The van der Waals surface area contributed by atoms with E-state index in [-0.39, 0.29) is 16.7 Å². The van der Waals surface area contributed by atoms with Gasteiger partial charge in [0, 0.05) is 0 Å². The molecule has 0 fully saturated rings. The second-order valence-electron chi connectivity index (χ2n) is 5.60. The first kappa shape index (κ1) is 21.1. The number of aromatic carboxylic acids is 1. The van der Waals surface area contributed by atoms with Crippen molar-refractivity contribution in [3.05, 3.63) is 78.1 Å². The fraction of sp³-hybridized carbons (Fsp3) is 0.0500. The van der Waals surface area contributed by atoms with Gasteiger partial charge in [-0.25, -0.2) is 13.4 Å². The average Bonchev–Trinajstić information content (AvgIpc) is 2.69. The minimum absolute atomic E-state index is 0. The topological polar surface area (TPSA) is 107 Å². The van der Waals surface area contributed by atoms with Crippen molar-refractivity contribution in [1.82, 2.24) is 0 Å². The molecular formula is C20H18FNO5S. The highest BCUT2D eigenvalue weighted by Gasteiger charge is 2.16. The highest BCUT2D eigenvalue weighted by atomic mass is 32.2. The van der Waals surface area contributed by atoms with Gasteiger partial charge in [0.25, 0.3) is 0 Å². The monoisotopic (exact) mass is 403 g/mol. The molecule has 0 aliphatic rings. The molecule has 0 aromatic heterocycles. The Morgan fingerprint density at radius 1 is 1.04 bits per heavy atom. The van der Waals surface area contributed by atoms with Crippen LogP contribution in [0.15, 0.2) is 71.6 Å². The number of hydrogen-bond donors (Lipinski definition) is 2. The molecule has 0 amide bonds. The Balaban J connectivity index is 0.00000280. The summed E-state index contributed by atoms with van der Waals surface area (Å²) in [4.78, 5) is 11.4. The van der Waals surface area contributed by atoms with Crippen LogP contribution in [0.25, 0.3) is 11.1 Å². The third-order valence-corrected chi connectivity index (χ3v) is 5.01. The lowest BCUT2D eigenvalue weighted by Crippen LogP contribution is -2.09. The number of carbonyl (C=O) groups is 1. The van der Waals surface area contributed by atoms with Crippen molar-refractivity contribution in [2.24, 2.45) is 0 Å². The Morgan fingerprint density at radius 3 is 2.39 bits per heavy atom. The highest BCUT2D eigenvalue weighted by Crippen LogP contribution is 2.30. The molecule has 6 nitrogen and oxygen atoms in total. The normalized spacial score (nSPS) is 11.2. The molecule has 0 heterocycles. The largest absolute Gasteiger partial charge is 0.495 e. The highest BCUT2D eigenvalue weighted by molar-refractivity contribution is 7.86. The molecule has 0 saturated heterocycles. The molecule has 146 valence electrons. The number of carboxylic acid groups (broad SMARTS) is 1. The minimum atomic E-state index is -1.87. The summed E-state index contributed by atoms with van der Waals surface area (Å²) in [7, 11) is -0.421. The van der Waals surface area contributed by atoms with Gasteiger partial charge in [-0.3, -0.25) is 4.72 Å². The maximum absolute atomic E-state index is 14.0. The van der Waals surface area contributed by atoms with E-state index in [1.807, 2.05) is 36.4 Å². The molecule has 3 aromatic rings. The third kappa shape index (κ3) is 4.54. The number of halogens is 1. The molecule has 4 N–H and O–H groups in total. The average molecular weight is 403 g/mol. The SMILES string of the molecule is COc1ccc(-c2ccccc2)cc1S(=O)Nc1cc(C(=O)O)ccc1F.O. The summed E-state index contributed by atoms with van der Waals surface area (Å²) in [5.41, 5.74) is 1.47. The van der Waals surface area contributed by atoms with E-state index in [0.29, 0.717) is 10.6 Å². The summed E-state index contributed by atoms with van der Waals surface area (Å²) in [5, 5.41) is 9.05. The van der Waals surface area contributed by atoms with E-state index in [9.17, 15) is 13.4 Å². The fourth-order valence-corrected chi connectivity index (χ4v) is 3.56. The van der Waals surface area contributed by atoms with E-state index in [1.165, 1.54) is 7.11 Å². The second kappa shape index (κ2) is 9.12. The number of carboxylic acids is 1. The van der Waals surface area contributed by atoms with Crippen LogP contribution in [0, 0.1) is 5.82 Å². The van der Waals surface area contributed by atoms with Gasteiger partial charge in [-0.1, -0.05) is 36.4 Å². The lowest BCUT2D eigenvalue weighted by atomic mass is 10.1. The molecule has 0 saturated carbocycles. The van der Waals surface area contributed by atoms with Crippen LogP contribution in [0.3, 0.4) is 0 Å². The van der Waals surface area contributed by atoms with Crippen LogP contribution >= 0.6 is 0 Å². The third-order valence-electron chi connectivity index (χ3n) is 3.89. The maximum atomic E-state index is 14.0. The van der Waals surface area contributed by atoms with Gasteiger partial charge >= 0.3 is 5.97 Å². The summed E-state index contributed by atoms with van der Waals surface area (Å²) < 4.78 is 34.6. The quantitative estimate of drug-likeness (QED) is 0.657. The molecular weight excluding hydrogens is 385 g/mol. The Labute approximate surface area is 163 Å². The first-order valence-electron chi connectivity index (χ1n) is 7.94. The predicted octanol–water partition coefficient (Wildman–Crippen LogP) is 3.51. The molecule has 0 radical (unpaired) electrons. The van der Waals surface area contributed by atoms with Crippen LogP contribution in [0.2, 0.25) is 0 Å². The van der Waals surface area contributed by atoms with Crippen LogP contribution in [0.4, 0.5) is 10.1 Å². The smallest absolute Gasteiger partial charge is 0.335 e. The van der Waals surface area contributed by atoms with Gasteiger partial charge in [-0.2, -0.15) is 0 Å². The van der Waals surface area contributed by atoms with Crippen LogP contribution in [0.5, 0.6) is 5.75 Å². The van der Waals surface area contributed by atoms with Gasteiger partial charge in [-0.15, -0.1) is 0 Å². The molecule has 8 heteroatoms. The number of rotatable bonds is 6. The summed E-state index contributed by atoms with van der Waals surface area (Å²) in [6.07, 6.45) is 0. The number of methoxy groups -OCH3 is 1. The van der Waals surface area contributed by atoms with E-state index >= 15 is 0 Å². The summed E-state index contributed by atoms with van der Waals surface area (Å²) in [6, 6.07) is 18.0. The number of ether oxygens (including phenoxy) is 1. The van der Waals surface area contributed by atoms with E-state index in [2.05, 4.69) is 4.72 Å². The summed E-state index contributed by atoms with van der Waals surface area (Å²) >= 11 is 0. The number of hydrogen-bond acceptors (Lipinski definition) is 3. The van der Waals surface area contributed by atoms with E-state index in [0.717, 1.165) is 29.3 Å². The van der Waals surface area contributed by atoms with Crippen molar-refractivity contribution < 1.29 is 28.7 Å². The summed E-state index contributed by atoms with van der Waals surface area (Å²) in [5.74, 6) is -1.53. The first-order chi connectivity index (χ1) is 13.0. The molecule has 3 rings (SSSR count). The standard InChI is InChI=1S/C20H16FNO4S.H2O/c1-26-18-10-8-14(13-5-3-2-4-6-13)12-19(18)27(25)22-17-11-15(20(23)24)7-9-16(17)21;/h2-12,22H,1H3,(H,23,24);1H2. The Bertz CT molecular complexity index is 1010. The zero-order valence-corrected chi connectivity index (χ0v) is 15.6. The first-order valence-corrected chi connectivity index (χ1v) is 9.09. The van der Waals surface area contributed by atoms with Gasteiger partial charge in [0.05, 0.1) is 18.4 Å². The van der Waals surface area contributed by atoms with Gasteiger partial charge in [0.15, 0.2) is 11.0 Å². The van der Waals surface area contributed by atoms with Gasteiger partial charge in [-0.05, 0) is 41.5 Å². The molecule has 3 aromatic carbocycles. The summed E-state index contributed by atoms with van der Waals surface area (Å²) in [6.45, 7) is 0. The molecule has 0 spiro atoms. The fourth-order valence-electron chi connectivity index (χ4n) is 2.52. The van der Waals surface area contributed by atoms with Crippen molar-refractivity contribution >= 4 is 22.6 Å². The molecule has 1 unspecified atom stereocenters. The molecule has 28 heavy (non-hydrogen) atoms. The van der Waals surface area contributed by atoms with E-state index in [4.69, 9.17) is 9.84 Å². The Hall–Kier alpha value is -3.23. The van der Waals surface area contributed by atoms with Crippen molar-refractivity contribution in [3.8, 4) is 16.9 Å². The molecule has 0 bridgehead atoms. The second-order valence-corrected chi connectivity index (χ2v) is 6.78. The van der Waals surface area contributed by atoms with Crippen molar-refractivity contribution in [3.63, 3.8) is 0 Å².